The second-order valence-corrected chi connectivity index (χ2v) is 7.35. The zero-order chi connectivity index (χ0) is 19.5. The van der Waals surface area contributed by atoms with Gasteiger partial charge >= 0.3 is 0 Å². The molecule has 2 aliphatic rings. The van der Waals surface area contributed by atoms with Gasteiger partial charge in [0.2, 0.25) is 0 Å². The smallest absolute Gasteiger partial charge is 0.272 e. The first-order valence-corrected chi connectivity index (χ1v) is 9.70. The van der Waals surface area contributed by atoms with Crippen LogP contribution in [-0.2, 0) is 17.8 Å². The number of hydrogen-bond donors (Lipinski definition) is 4. The molecule has 1 aliphatic carbocycles. The molecule has 1 atom stereocenters. The molecule has 1 unspecified atom stereocenters. The quantitative estimate of drug-likeness (QED) is 0.545. The van der Waals surface area contributed by atoms with Crippen molar-refractivity contribution in [1.82, 2.24) is 26.1 Å². The number of aromatic amines is 1. The summed E-state index contributed by atoms with van der Waals surface area (Å²) in [5.41, 5.74) is 3.38. The van der Waals surface area contributed by atoms with E-state index in [0.717, 1.165) is 42.6 Å². The van der Waals surface area contributed by atoms with E-state index in [9.17, 15) is 9.59 Å². The van der Waals surface area contributed by atoms with Gasteiger partial charge < -0.3 is 20.7 Å². The minimum Gasteiger partial charge on any atom is -0.484 e. The van der Waals surface area contributed by atoms with E-state index in [1.807, 2.05) is 31.2 Å². The molecule has 2 amide bonds. The average molecular weight is 420 g/mol. The highest BCUT2D eigenvalue weighted by Crippen LogP contribution is 2.21. The van der Waals surface area contributed by atoms with Crippen LogP contribution in [-0.4, -0.2) is 41.2 Å². The molecule has 0 saturated heterocycles. The minimum atomic E-state index is -0.189. The predicted molar refractivity (Wildman–Crippen MR) is 110 cm³/mol. The van der Waals surface area contributed by atoms with Crippen LogP contribution < -0.4 is 20.7 Å². The van der Waals surface area contributed by atoms with Crippen LogP contribution in [0.1, 0.15) is 53.1 Å². The number of benzene rings is 1. The summed E-state index contributed by atoms with van der Waals surface area (Å²) in [5, 5.41) is 16.3. The van der Waals surface area contributed by atoms with Gasteiger partial charge in [-0.1, -0.05) is 12.1 Å². The molecule has 1 aliphatic heterocycles. The molecular formula is C20H26ClN5O3. The number of hydrogen-bond acceptors (Lipinski definition) is 5. The van der Waals surface area contributed by atoms with Gasteiger partial charge in [0.1, 0.15) is 5.75 Å². The third-order valence-corrected chi connectivity index (χ3v) is 5.06. The van der Waals surface area contributed by atoms with E-state index in [-0.39, 0.29) is 36.9 Å². The van der Waals surface area contributed by atoms with Crippen LogP contribution in [0.15, 0.2) is 24.3 Å². The molecular weight excluding hydrogens is 394 g/mol. The van der Waals surface area contributed by atoms with Gasteiger partial charge in [0.15, 0.2) is 12.3 Å². The molecule has 1 aromatic carbocycles. The molecule has 8 nitrogen and oxygen atoms in total. The number of ether oxygens (including phenoxy) is 1. The summed E-state index contributed by atoms with van der Waals surface area (Å²) in [6.45, 7) is 3.49. The number of carbonyl (C=O) groups is 2. The number of aromatic nitrogens is 2. The summed E-state index contributed by atoms with van der Waals surface area (Å²) >= 11 is 0. The number of nitrogens with one attached hydrogen (secondary N) is 4. The molecule has 0 spiro atoms. The number of carbonyl (C=O) groups excluding carboxylic acids is 2. The first-order valence-electron chi connectivity index (χ1n) is 9.70. The Kier molecular flexibility index (Phi) is 6.76. The lowest BCUT2D eigenvalue weighted by molar-refractivity contribution is -0.123. The predicted octanol–water partition coefficient (Wildman–Crippen LogP) is 1.63. The lowest BCUT2D eigenvalue weighted by Gasteiger charge is -2.16. The highest BCUT2D eigenvalue weighted by molar-refractivity contribution is 5.94. The summed E-state index contributed by atoms with van der Waals surface area (Å²) in [6, 6.07) is 7.55. The monoisotopic (exact) mass is 419 g/mol. The summed E-state index contributed by atoms with van der Waals surface area (Å²) in [6.07, 6.45) is 2.97. The van der Waals surface area contributed by atoms with Crippen molar-refractivity contribution in [3.05, 3.63) is 46.8 Å². The van der Waals surface area contributed by atoms with Crippen molar-refractivity contribution in [2.24, 2.45) is 0 Å². The van der Waals surface area contributed by atoms with Crippen LogP contribution in [0, 0.1) is 0 Å². The minimum absolute atomic E-state index is 0. The van der Waals surface area contributed by atoms with E-state index in [4.69, 9.17) is 4.74 Å². The normalized spacial score (nSPS) is 16.2. The van der Waals surface area contributed by atoms with E-state index in [2.05, 4.69) is 26.1 Å². The van der Waals surface area contributed by atoms with Gasteiger partial charge in [-0.25, -0.2) is 0 Å². The first-order chi connectivity index (χ1) is 13.6. The Balaban J connectivity index is 0.00000240. The van der Waals surface area contributed by atoms with Crippen LogP contribution in [0.25, 0.3) is 0 Å². The molecule has 156 valence electrons. The number of rotatable bonds is 7. The average Bonchev–Trinajstić information content (AvgIpc) is 3.41. The van der Waals surface area contributed by atoms with Crippen LogP contribution in [0.2, 0.25) is 0 Å². The molecule has 29 heavy (non-hydrogen) atoms. The Morgan fingerprint density at radius 2 is 2.03 bits per heavy atom. The lowest BCUT2D eigenvalue weighted by Crippen LogP contribution is -2.30. The van der Waals surface area contributed by atoms with Gasteiger partial charge in [-0.2, -0.15) is 5.10 Å². The van der Waals surface area contributed by atoms with E-state index in [1.54, 1.807) is 0 Å². The van der Waals surface area contributed by atoms with Crippen molar-refractivity contribution in [1.29, 1.82) is 0 Å². The van der Waals surface area contributed by atoms with Crippen molar-refractivity contribution in [3.8, 4) is 5.75 Å². The van der Waals surface area contributed by atoms with Gasteiger partial charge in [0.05, 0.1) is 6.04 Å². The topological polar surface area (TPSA) is 108 Å². The summed E-state index contributed by atoms with van der Waals surface area (Å²) in [5.74, 6) is 0.343. The third-order valence-electron chi connectivity index (χ3n) is 5.06. The Morgan fingerprint density at radius 1 is 1.28 bits per heavy atom. The summed E-state index contributed by atoms with van der Waals surface area (Å²) in [4.78, 5) is 24.3. The number of amides is 2. The summed E-state index contributed by atoms with van der Waals surface area (Å²) < 4.78 is 5.51. The Hall–Kier alpha value is -2.58. The largest absolute Gasteiger partial charge is 0.484 e. The van der Waals surface area contributed by atoms with Gasteiger partial charge in [-0.15, -0.1) is 12.4 Å². The van der Waals surface area contributed by atoms with E-state index < -0.39 is 0 Å². The van der Waals surface area contributed by atoms with Crippen molar-refractivity contribution >= 4 is 24.2 Å². The molecule has 0 bridgehead atoms. The second-order valence-electron chi connectivity index (χ2n) is 7.35. The number of nitrogens with zero attached hydrogens (tertiary/aromatic N) is 1. The molecule has 4 N–H and O–H groups in total. The van der Waals surface area contributed by atoms with Gasteiger partial charge in [-0.3, -0.25) is 14.7 Å². The molecule has 2 aromatic rings. The van der Waals surface area contributed by atoms with E-state index in [0.29, 0.717) is 24.0 Å². The fraction of sp³-hybridized carbons (Fsp3) is 0.450. The molecule has 2 heterocycles. The van der Waals surface area contributed by atoms with Gasteiger partial charge in [0, 0.05) is 36.8 Å². The third kappa shape index (κ3) is 5.27. The Bertz CT molecular complexity index is 864. The zero-order valence-electron chi connectivity index (χ0n) is 16.3. The molecule has 0 radical (unpaired) electrons. The Morgan fingerprint density at radius 3 is 2.76 bits per heavy atom. The van der Waals surface area contributed by atoms with Gasteiger partial charge in [0.25, 0.3) is 11.8 Å². The van der Waals surface area contributed by atoms with Crippen LogP contribution in [0.5, 0.6) is 5.75 Å². The highest BCUT2D eigenvalue weighted by atomic mass is 35.5. The maximum Gasteiger partial charge on any atom is 0.272 e. The van der Waals surface area contributed by atoms with Crippen LogP contribution >= 0.6 is 12.4 Å². The second kappa shape index (κ2) is 9.28. The molecule has 1 fully saturated rings. The number of halogens is 1. The maximum absolute atomic E-state index is 12.6. The summed E-state index contributed by atoms with van der Waals surface area (Å²) in [7, 11) is 0. The zero-order valence-corrected chi connectivity index (χ0v) is 17.1. The lowest BCUT2D eigenvalue weighted by atomic mass is 10.1. The number of H-pyrrole nitrogens is 1. The first kappa shape index (κ1) is 21.1. The SMILES string of the molecule is CC(NC(=O)c1n[nH]c2c1CNCC2)c1ccc(OCC(=O)NC2CC2)cc1.Cl. The molecule has 1 saturated carbocycles. The maximum atomic E-state index is 12.6. The standard InChI is InChI=1S/C20H25N5O3.ClH/c1-12(22-20(27)19-16-10-21-9-8-17(16)24-25-19)13-2-6-15(7-3-13)28-11-18(26)23-14-4-5-14;/h2-3,6-7,12,14,21H,4-5,8-11H2,1H3,(H,22,27)(H,23,26)(H,24,25);1H. The van der Waals surface area contributed by atoms with Crippen LogP contribution in [0.4, 0.5) is 0 Å². The fourth-order valence-corrected chi connectivity index (χ4v) is 3.26. The van der Waals surface area contributed by atoms with E-state index in [1.165, 1.54) is 0 Å². The van der Waals surface area contributed by atoms with Crippen molar-refractivity contribution in [2.75, 3.05) is 13.2 Å². The van der Waals surface area contributed by atoms with Crippen molar-refractivity contribution < 1.29 is 14.3 Å². The number of fused-ring (bicyclic) bond motifs is 1. The molecule has 4 rings (SSSR count). The van der Waals surface area contributed by atoms with Crippen molar-refractivity contribution in [2.45, 2.75) is 44.8 Å². The molecule has 9 heteroatoms. The molecule has 1 aromatic heterocycles. The van der Waals surface area contributed by atoms with E-state index >= 15 is 0 Å². The van der Waals surface area contributed by atoms with Crippen LogP contribution in [0.3, 0.4) is 0 Å². The fourth-order valence-electron chi connectivity index (χ4n) is 3.26. The van der Waals surface area contributed by atoms with Gasteiger partial charge in [-0.05, 0) is 37.5 Å². The Labute approximate surface area is 175 Å². The highest BCUT2D eigenvalue weighted by Gasteiger charge is 2.24. The van der Waals surface area contributed by atoms with Crippen molar-refractivity contribution in [3.63, 3.8) is 0 Å².